The highest BCUT2D eigenvalue weighted by Gasteiger charge is 2.15. The van der Waals surface area contributed by atoms with Gasteiger partial charge < -0.3 is 20.4 Å². The average molecular weight is 381 g/mol. The number of aromatic nitrogens is 1. The Kier molecular flexibility index (Phi) is 6.26. The molecule has 1 aliphatic rings. The molecule has 1 saturated heterocycles. The van der Waals surface area contributed by atoms with E-state index >= 15 is 0 Å². The molecule has 148 valence electrons. The number of piperazine rings is 1. The van der Waals surface area contributed by atoms with E-state index in [2.05, 4.69) is 32.5 Å². The highest BCUT2D eigenvalue weighted by Crippen LogP contribution is 2.20. The van der Waals surface area contributed by atoms with Gasteiger partial charge in [-0.2, -0.15) is 0 Å². The van der Waals surface area contributed by atoms with Gasteiger partial charge in [-0.25, -0.2) is 0 Å². The first-order valence-electron chi connectivity index (χ1n) is 9.53. The Morgan fingerprint density at radius 1 is 0.964 bits per heavy atom. The first kappa shape index (κ1) is 19.8. The number of carbonyl (C=O) groups excluding carboxylic acids is 2. The third-order valence-corrected chi connectivity index (χ3v) is 4.68. The van der Waals surface area contributed by atoms with Gasteiger partial charge in [-0.05, 0) is 51.2 Å². The van der Waals surface area contributed by atoms with E-state index in [1.807, 2.05) is 38.1 Å². The van der Waals surface area contributed by atoms with Crippen molar-refractivity contribution >= 4 is 23.2 Å². The van der Waals surface area contributed by atoms with Crippen LogP contribution in [0.25, 0.3) is 0 Å². The molecule has 0 bridgehead atoms. The van der Waals surface area contributed by atoms with Crippen molar-refractivity contribution < 1.29 is 9.59 Å². The molecule has 7 heteroatoms. The number of rotatable bonds is 5. The van der Waals surface area contributed by atoms with E-state index in [4.69, 9.17) is 0 Å². The first-order valence-corrected chi connectivity index (χ1v) is 9.53. The second-order valence-electron chi connectivity index (χ2n) is 7.38. The van der Waals surface area contributed by atoms with Crippen molar-refractivity contribution in [1.29, 1.82) is 0 Å². The maximum Gasteiger partial charge on any atom is 0.257 e. The summed E-state index contributed by atoms with van der Waals surface area (Å²) in [4.78, 5) is 33.3. The van der Waals surface area contributed by atoms with Crippen LogP contribution in [0.2, 0.25) is 0 Å². The van der Waals surface area contributed by atoms with Crippen LogP contribution in [0.5, 0.6) is 0 Å². The van der Waals surface area contributed by atoms with Crippen LogP contribution < -0.4 is 15.5 Å². The lowest BCUT2D eigenvalue weighted by Crippen LogP contribution is -2.44. The normalized spacial score (nSPS) is 14.8. The number of anilines is 2. The molecule has 2 heterocycles. The van der Waals surface area contributed by atoms with Gasteiger partial charge in [0.15, 0.2) is 0 Å². The van der Waals surface area contributed by atoms with Crippen LogP contribution in [-0.2, 0) is 0 Å². The molecule has 28 heavy (non-hydrogen) atoms. The summed E-state index contributed by atoms with van der Waals surface area (Å²) in [5.74, 6) is -0.535. The zero-order valence-electron chi connectivity index (χ0n) is 16.6. The van der Waals surface area contributed by atoms with Gasteiger partial charge in [0.2, 0.25) is 0 Å². The Morgan fingerprint density at radius 2 is 1.57 bits per heavy atom. The van der Waals surface area contributed by atoms with Crippen molar-refractivity contribution in [2.75, 3.05) is 43.4 Å². The monoisotopic (exact) mass is 381 g/mol. The smallest absolute Gasteiger partial charge is 0.257 e. The zero-order valence-corrected chi connectivity index (χ0v) is 16.6. The molecule has 2 N–H and O–H groups in total. The summed E-state index contributed by atoms with van der Waals surface area (Å²) in [5.41, 5.74) is 2.58. The van der Waals surface area contributed by atoms with Gasteiger partial charge in [0.25, 0.3) is 11.8 Å². The molecule has 0 aliphatic carbocycles. The maximum atomic E-state index is 12.5. The van der Waals surface area contributed by atoms with Crippen LogP contribution in [0, 0.1) is 0 Å². The van der Waals surface area contributed by atoms with Crippen LogP contribution in [0.15, 0.2) is 42.7 Å². The van der Waals surface area contributed by atoms with Crippen molar-refractivity contribution in [3.05, 3.63) is 53.9 Å². The molecule has 1 aliphatic heterocycles. The summed E-state index contributed by atoms with van der Waals surface area (Å²) in [7, 11) is 2.13. The van der Waals surface area contributed by atoms with E-state index in [1.54, 1.807) is 6.07 Å². The number of pyridine rings is 1. The second-order valence-corrected chi connectivity index (χ2v) is 7.38. The van der Waals surface area contributed by atoms with Crippen molar-refractivity contribution in [3.63, 3.8) is 0 Å². The highest BCUT2D eigenvalue weighted by molar-refractivity contribution is 6.05. The third-order valence-electron chi connectivity index (χ3n) is 4.68. The quantitative estimate of drug-likeness (QED) is 0.830. The Balaban J connectivity index is 1.64. The lowest BCUT2D eigenvalue weighted by atomic mass is 10.1. The van der Waals surface area contributed by atoms with Gasteiger partial charge in [-0.15, -0.1) is 0 Å². The maximum absolute atomic E-state index is 12.5. The summed E-state index contributed by atoms with van der Waals surface area (Å²) in [5, 5.41) is 5.66. The number of likely N-dealkylation sites (N-methyl/N-ethyl adjacent to an activating group) is 1. The Morgan fingerprint density at radius 3 is 2.18 bits per heavy atom. The predicted octanol–water partition coefficient (Wildman–Crippen LogP) is 2.22. The van der Waals surface area contributed by atoms with Gasteiger partial charge in [0, 0.05) is 56.0 Å². The molecule has 1 aromatic carbocycles. The molecule has 3 rings (SSSR count). The lowest BCUT2D eigenvalue weighted by molar-refractivity contribution is 0.0942. The third kappa shape index (κ3) is 5.07. The van der Waals surface area contributed by atoms with Crippen LogP contribution in [0.1, 0.15) is 34.6 Å². The molecule has 0 atom stereocenters. The van der Waals surface area contributed by atoms with Crippen LogP contribution in [-0.4, -0.2) is 61.0 Å². The molecule has 0 spiro atoms. The molecule has 0 unspecified atom stereocenters. The number of hydrogen-bond donors (Lipinski definition) is 2. The fourth-order valence-electron chi connectivity index (χ4n) is 3.06. The van der Waals surface area contributed by atoms with Gasteiger partial charge >= 0.3 is 0 Å². The molecule has 0 radical (unpaired) electrons. The average Bonchev–Trinajstić information content (AvgIpc) is 2.69. The number of nitrogens with zero attached hydrogens (tertiary/aromatic N) is 3. The Hall–Kier alpha value is -2.93. The van der Waals surface area contributed by atoms with Crippen molar-refractivity contribution in [2.24, 2.45) is 0 Å². The topological polar surface area (TPSA) is 77.6 Å². The fraction of sp³-hybridized carbons (Fsp3) is 0.381. The number of nitrogens with one attached hydrogen (secondary N) is 2. The Bertz CT molecular complexity index is 827. The molecule has 7 nitrogen and oxygen atoms in total. The molecular formula is C21H27N5O2. The second kappa shape index (κ2) is 8.84. The SMILES string of the molecule is CC(C)NC(=O)c1cncc(C(=O)Nc2ccc(N3CCN(C)CC3)cc2)c1. The lowest BCUT2D eigenvalue weighted by Gasteiger charge is -2.34. The minimum absolute atomic E-state index is 0.0174. The Labute approximate surface area is 165 Å². The highest BCUT2D eigenvalue weighted by atomic mass is 16.2. The van der Waals surface area contributed by atoms with Crippen LogP contribution in [0.4, 0.5) is 11.4 Å². The number of carbonyl (C=O) groups is 2. The van der Waals surface area contributed by atoms with Crippen molar-refractivity contribution in [1.82, 2.24) is 15.2 Å². The van der Waals surface area contributed by atoms with Crippen LogP contribution in [0.3, 0.4) is 0 Å². The van der Waals surface area contributed by atoms with E-state index in [9.17, 15) is 9.59 Å². The molecule has 0 saturated carbocycles. The number of benzene rings is 1. The minimum Gasteiger partial charge on any atom is -0.369 e. The van der Waals surface area contributed by atoms with E-state index in [0.717, 1.165) is 31.9 Å². The van der Waals surface area contributed by atoms with Gasteiger partial charge in [-0.3, -0.25) is 14.6 Å². The van der Waals surface area contributed by atoms with Gasteiger partial charge in [0.1, 0.15) is 0 Å². The predicted molar refractivity (Wildman–Crippen MR) is 111 cm³/mol. The fourth-order valence-corrected chi connectivity index (χ4v) is 3.06. The molecule has 2 amide bonds. The molecule has 2 aromatic rings. The summed E-state index contributed by atoms with van der Waals surface area (Å²) < 4.78 is 0. The van der Waals surface area contributed by atoms with Gasteiger partial charge in [0.05, 0.1) is 11.1 Å². The largest absolute Gasteiger partial charge is 0.369 e. The van der Waals surface area contributed by atoms with E-state index in [0.29, 0.717) is 16.8 Å². The summed E-state index contributed by atoms with van der Waals surface area (Å²) in [6.45, 7) is 7.86. The van der Waals surface area contributed by atoms with Gasteiger partial charge in [-0.1, -0.05) is 0 Å². The van der Waals surface area contributed by atoms with E-state index < -0.39 is 0 Å². The summed E-state index contributed by atoms with van der Waals surface area (Å²) in [6.07, 6.45) is 2.92. The van der Waals surface area contributed by atoms with E-state index in [-0.39, 0.29) is 17.9 Å². The van der Waals surface area contributed by atoms with Crippen LogP contribution >= 0.6 is 0 Å². The van der Waals surface area contributed by atoms with E-state index in [1.165, 1.54) is 12.4 Å². The molecule has 1 aromatic heterocycles. The standard InChI is InChI=1S/C21H27N5O2/c1-15(2)23-20(27)16-12-17(14-22-13-16)21(28)24-18-4-6-19(7-5-18)26-10-8-25(3)9-11-26/h4-7,12-15H,8-11H2,1-3H3,(H,23,27)(H,24,28). The number of amides is 2. The number of hydrogen-bond acceptors (Lipinski definition) is 5. The summed E-state index contributed by atoms with van der Waals surface area (Å²) in [6, 6.07) is 9.40. The molecule has 1 fully saturated rings. The first-order chi connectivity index (χ1) is 13.4. The van der Waals surface area contributed by atoms with Crippen molar-refractivity contribution in [3.8, 4) is 0 Å². The summed E-state index contributed by atoms with van der Waals surface area (Å²) >= 11 is 0. The zero-order chi connectivity index (χ0) is 20.1. The molecular weight excluding hydrogens is 354 g/mol. The minimum atomic E-state index is -0.293. The van der Waals surface area contributed by atoms with Crippen molar-refractivity contribution in [2.45, 2.75) is 19.9 Å².